The normalized spacial score (nSPS) is 20.6. The average Bonchev–Trinajstić information content (AvgIpc) is 2.39. The van der Waals surface area contributed by atoms with E-state index in [2.05, 4.69) is 11.4 Å². The van der Waals surface area contributed by atoms with Crippen molar-refractivity contribution < 1.29 is 9.84 Å². The Morgan fingerprint density at radius 2 is 1.94 bits per heavy atom. The van der Waals surface area contributed by atoms with Crippen LogP contribution >= 0.6 is 0 Å². The molecule has 3 nitrogen and oxygen atoms in total. The Balaban J connectivity index is 2.06. The van der Waals surface area contributed by atoms with E-state index in [1.807, 2.05) is 30.3 Å². The molecule has 0 aromatic heterocycles. The molecule has 0 amide bonds. The van der Waals surface area contributed by atoms with E-state index in [9.17, 15) is 5.11 Å². The number of hydrogen-bond donors (Lipinski definition) is 2. The fraction of sp³-hybridized carbons (Fsp3) is 0.286. The standard InChI is InChI=1S/C14H15NO2/c16-13-8-11-4-2-1-3-10(11)7-12(13)14-9-15-5-6-17-14/h1-4,7-8,14-16H,5-6,9H2. The molecule has 1 aliphatic rings. The molecule has 1 unspecified atom stereocenters. The molecule has 1 aliphatic heterocycles. The Morgan fingerprint density at radius 3 is 2.65 bits per heavy atom. The molecule has 1 saturated heterocycles. The van der Waals surface area contributed by atoms with Crippen LogP contribution in [0.5, 0.6) is 5.75 Å². The van der Waals surface area contributed by atoms with Crippen LogP contribution in [0.25, 0.3) is 10.8 Å². The first-order valence-electron chi connectivity index (χ1n) is 5.88. The summed E-state index contributed by atoms with van der Waals surface area (Å²) in [5.41, 5.74) is 0.871. The molecule has 2 aromatic carbocycles. The van der Waals surface area contributed by atoms with Crippen LogP contribution in [-0.2, 0) is 4.74 Å². The van der Waals surface area contributed by atoms with Gasteiger partial charge in [-0.25, -0.2) is 0 Å². The van der Waals surface area contributed by atoms with Crippen molar-refractivity contribution in [1.82, 2.24) is 5.32 Å². The predicted molar refractivity (Wildman–Crippen MR) is 67.2 cm³/mol. The van der Waals surface area contributed by atoms with E-state index in [1.54, 1.807) is 0 Å². The van der Waals surface area contributed by atoms with Gasteiger partial charge < -0.3 is 15.2 Å². The number of morpholine rings is 1. The quantitative estimate of drug-likeness (QED) is 0.787. The fourth-order valence-electron chi connectivity index (χ4n) is 2.27. The Kier molecular flexibility index (Phi) is 2.71. The molecule has 1 atom stereocenters. The van der Waals surface area contributed by atoms with Gasteiger partial charge >= 0.3 is 0 Å². The van der Waals surface area contributed by atoms with Gasteiger partial charge in [0.1, 0.15) is 5.75 Å². The summed E-state index contributed by atoms with van der Waals surface area (Å²) in [4.78, 5) is 0. The summed E-state index contributed by atoms with van der Waals surface area (Å²) >= 11 is 0. The highest BCUT2D eigenvalue weighted by Crippen LogP contribution is 2.31. The van der Waals surface area contributed by atoms with E-state index >= 15 is 0 Å². The van der Waals surface area contributed by atoms with Crippen LogP contribution in [0.4, 0.5) is 0 Å². The van der Waals surface area contributed by atoms with Crippen molar-refractivity contribution >= 4 is 10.8 Å². The van der Waals surface area contributed by atoms with Gasteiger partial charge in [0.2, 0.25) is 0 Å². The van der Waals surface area contributed by atoms with Crippen molar-refractivity contribution in [3.63, 3.8) is 0 Å². The number of aromatic hydroxyl groups is 1. The molecule has 3 rings (SSSR count). The van der Waals surface area contributed by atoms with Crippen LogP contribution in [0.3, 0.4) is 0 Å². The average molecular weight is 229 g/mol. The second kappa shape index (κ2) is 4.35. The minimum Gasteiger partial charge on any atom is -0.508 e. The zero-order chi connectivity index (χ0) is 11.7. The summed E-state index contributed by atoms with van der Waals surface area (Å²) in [6.07, 6.45) is -0.0478. The summed E-state index contributed by atoms with van der Waals surface area (Å²) in [5, 5.41) is 15.5. The Bertz CT molecular complexity index is 533. The van der Waals surface area contributed by atoms with Gasteiger partial charge in [-0.3, -0.25) is 0 Å². The summed E-state index contributed by atoms with van der Waals surface area (Å²) < 4.78 is 5.67. The third kappa shape index (κ3) is 1.99. The molecule has 0 bridgehead atoms. The first kappa shape index (κ1) is 10.6. The van der Waals surface area contributed by atoms with Crippen LogP contribution in [-0.4, -0.2) is 24.8 Å². The zero-order valence-corrected chi connectivity index (χ0v) is 9.52. The van der Waals surface area contributed by atoms with Crippen LogP contribution in [0, 0.1) is 0 Å². The Hall–Kier alpha value is -1.58. The molecule has 2 N–H and O–H groups in total. The maximum Gasteiger partial charge on any atom is 0.122 e. The first-order valence-corrected chi connectivity index (χ1v) is 5.88. The van der Waals surface area contributed by atoms with Gasteiger partial charge in [0.15, 0.2) is 0 Å². The monoisotopic (exact) mass is 229 g/mol. The first-order chi connectivity index (χ1) is 8.34. The summed E-state index contributed by atoms with van der Waals surface area (Å²) in [5.74, 6) is 0.317. The van der Waals surface area contributed by atoms with Crippen LogP contribution in [0.2, 0.25) is 0 Å². The van der Waals surface area contributed by atoms with Crippen molar-refractivity contribution in [2.45, 2.75) is 6.10 Å². The zero-order valence-electron chi connectivity index (χ0n) is 9.52. The lowest BCUT2D eigenvalue weighted by Crippen LogP contribution is -2.33. The number of phenols is 1. The maximum atomic E-state index is 10.1. The lowest BCUT2D eigenvalue weighted by Gasteiger charge is -2.24. The van der Waals surface area contributed by atoms with E-state index in [1.165, 1.54) is 0 Å². The van der Waals surface area contributed by atoms with Crippen molar-refractivity contribution in [3.05, 3.63) is 42.0 Å². The number of rotatable bonds is 1. The van der Waals surface area contributed by atoms with Crippen LogP contribution in [0.15, 0.2) is 36.4 Å². The number of phenolic OH excluding ortho intramolecular Hbond substituents is 1. The molecule has 1 fully saturated rings. The van der Waals surface area contributed by atoms with Gasteiger partial charge in [-0.15, -0.1) is 0 Å². The van der Waals surface area contributed by atoms with E-state index in [0.717, 1.165) is 29.4 Å². The Morgan fingerprint density at radius 1 is 1.18 bits per heavy atom. The summed E-state index contributed by atoms with van der Waals surface area (Å²) in [6, 6.07) is 11.8. The highest BCUT2D eigenvalue weighted by Gasteiger charge is 2.19. The molecule has 0 saturated carbocycles. The molecule has 17 heavy (non-hydrogen) atoms. The number of ether oxygens (including phenoxy) is 1. The van der Waals surface area contributed by atoms with Crippen molar-refractivity contribution in [2.75, 3.05) is 19.7 Å². The molecule has 88 valence electrons. The number of nitrogens with one attached hydrogen (secondary N) is 1. The van der Waals surface area contributed by atoms with Crippen molar-refractivity contribution in [2.24, 2.45) is 0 Å². The van der Waals surface area contributed by atoms with E-state index < -0.39 is 0 Å². The fourth-order valence-corrected chi connectivity index (χ4v) is 2.27. The van der Waals surface area contributed by atoms with E-state index in [4.69, 9.17) is 4.74 Å². The molecule has 1 heterocycles. The Labute approximate surface area is 100 Å². The van der Waals surface area contributed by atoms with Crippen LogP contribution < -0.4 is 5.32 Å². The van der Waals surface area contributed by atoms with Crippen LogP contribution in [0.1, 0.15) is 11.7 Å². The number of fused-ring (bicyclic) bond motifs is 1. The van der Waals surface area contributed by atoms with Crippen molar-refractivity contribution in [1.29, 1.82) is 0 Å². The molecule has 2 aromatic rings. The molecule has 0 spiro atoms. The van der Waals surface area contributed by atoms with Crippen molar-refractivity contribution in [3.8, 4) is 5.75 Å². The third-order valence-electron chi connectivity index (χ3n) is 3.17. The highest BCUT2D eigenvalue weighted by molar-refractivity contribution is 5.85. The third-order valence-corrected chi connectivity index (χ3v) is 3.17. The largest absolute Gasteiger partial charge is 0.508 e. The van der Waals surface area contributed by atoms with Gasteiger partial charge in [0.05, 0.1) is 12.7 Å². The maximum absolute atomic E-state index is 10.1. The molecular weight excluding hydrogens is 214 g/mol. The topological polar surface area (TPSA) is 41.5 Å². The van der Waals surface area contributed by atoms with Gasteiger partial charge in [0, 0.05) is 18.7 Å². The molecule has 0 radical (unpaired) electrons. The molecule has 3 heteroatoms. The minimum absolute atomic E-state index is 0.0478. The predicted octanol–water partition coefficient (Wildman–Crippen LogP) is 2.21. The number of benzene rings is 2. The summed E-state index contributed by atoms with van der Waals surface area (Å²) in [6.45, 7) is 2.33. The van der Waals surface area contributed by atoms with Gasteiger partial charge in [-0.1, -0.05) is 24.3 Å². The van der Waals surface area contributed by atoms with Gasteiger partial charge in [-0.2, -0.15) is 0 Å². The molecule has 0 aliphatic carbocycles. The second-order valence-corrected chi connectivity index (χ2v) is 4.32. The molecular formula is C14H15NO2. The highest BCUT2D eigenvalue weighted by atomic mass is 16.5. The number of hydrogen-bond acceptors (Lipinski definition) is 3. The van der Waals surface area contributed by atoms with Gasteiger partial charge in [0.25, 0.3) is 0 Å². The summed E-state index contributed by atoms with van der Waals surface area (Å²) in [7, 11) is 0. The SMILES string of the molecule is Oc1cc2ccccc2cc1C1CNCCO1. The smallest absolute Gasteiger partial charge is 0.122 e. The lowest BCUT2D eigenvalue weighted by molar-refractivity contribution is 0.0264. The van der Waals surface area contributed by atoms with Gasteiger partial charge in [-0.05, 0) is 22.9 Å². The lowest BCUT2D eigenvalue weighted by atomic mass is 10.0. The van der Waals surface area contributed by atoms with E-state index in [-0.39, 0.29) is 6.10 Å². The minimum atomic E-state index is -0.0478. The second-order valence-electron chi connectivity index (χ2n) is 4.32. The van der Waals surface area contributed by atoms with E-state index in [0.29, 0.717) is 12.4 Å².